The van der Waals surface area contributed by atoms with E-state index in [0.29, 0.717) is 5.82 Å². The minimum atomic E-state index is -3.31. The summed E-state index contributed by atoms with van der Waals surface area (Å²) >= 11 is 0. The van der Waals surface area contributed by atoms with Crippen molar-refractivity contribution in [3.8, 4) is 0 Å². The third-order valence-corrected chi connectivity index (χ3v) is 3.13. The third-order valence-electron chi connectivity index (χ3n) is 1.77. The Morgan fingerprint density at radius 2 is 2.19 bits per heavy atom. The summed E-state index contributed by atoms with van der Waals surface area (Å²) in [6.07, 6.45) is 0. The maximum absolute atomic E-state index is 11.4. The van der Waals surface area contributed by atoms with Crippen LogP contribution < -0.4 is 10.0 Å². The Morgan fingerprint density at radius 1 is 1.50 bits per heavy atom. The highest BCUT2D eigenvalue weighted by atomic mass is 32.2. The smallest absolute Gasteiger partial charge is 0.290 e. The van der Waals surface area contributed by atoms with Gasteiger partial charge in [0.05, 0.1) is 5.75 Å². The summed E-state index contributed by atoms with van der Waals surface area (Å²) in [5.41, 5.74) is 0. The first kappa shape index (κ1) is 12.6. The van der Waals surface area contributed by atoms with Crippen LogP contribution in [-0.4, -0.2) is 48.9 Å². The molecule has 8 nitrogen and oxygen atoms in total. The molecule has 0 fully saturated rings. The molecule has 1 aromatic rings. The van der Waals surface area contributed by atoms with Crippen LogP contribution in [0.5, 0.6) is 0 Å². The van der Waals surface area contributed by atoms with Gasteiger partial charge < -0.3 is 5.32 Å². The van der Waals surface area contributed by atoms with E-state index in [1.165, 1.54) is 7.05 Å². The van der Waals surface area contributed by atoms with Crippen LogP contribution in [0.4, 0.5) is 0 Å². The summed E-state index contributed by atoms with van der Waals surface area (Å²) in [7, 11) is -1.99. The van der Waals surface area contributed by atoms with Gasteiger partial charge in [-0.05, 0) is 14.0 Å². The van der Waals surface area contributed by atoms with Crippen molar-refractivity contribution in [2.75, 3.05) is 19.3 Å². The Kier molecular flexibility index (Phi) is 3.96. The second-order valence-electron chi connectivity index (χ2n) is 3.02. The number of nitrogens with zero attached hydrogens (tertiary/aromatic N) is 2. The van der Waals surface area contributed by atoms with Gasteiger partial charge >= 0.3 is 0 Å². The van der Waals surface area contributed by atoms with E-state index in [-0.39, 0.29) is 18.1 Å². The molecule has 1 heterocycles. The van der Waals surface area contributed by atoms with Crippen molar-refractivity contribution in [2.45, 2.75) is 6.92 Å². The van der Waals surface area contributed by atoms with Gasteiger partial charge in [-0.1, -0.05) is 0 Å². The zero-order chi connectivity index (χ0) is 12.2. The van der Waals surface area contributed by atoms with Gasteiger partial charge in [-0.15, -0.1) is 5.10 Å². The number of rotatable bonds is 5. The van der Waals surface area contributed by atoms with E-state index >= 15 is 0 Å². The summed E-state index contributed by atoms with van der Waals surface area (Å²) in [6, 6.07) is 0. The lowest BCUT2D eigenvalue weighted by molar-refractivity contribution is 0.0946. The van der Waals surface area contributed by atoms with E-state index < -0.39 is 15.9 Å². The Balaban J connectivity index is 2.43. The number of H-pyrrole nitrogens is 1. The minimum absolute atomic E-state index is 0.000597. The first-order valence-electron chi connectivity index (χ1n) is 4.53. The van der Waals surface area contributed by atoms with Gasteiger partial charge in [-0.3, -0.25) is 9.89 Å². The Morgan fingerprint density at radius 3 is 2.69 bits per heavy atom. The molecule has 16 heavy (non-hydrogen) atoms. The number of nitrogens with one attached hydrogen (secondary N) is 3. The van der Waals surface area contributed by atoms with E-state index in [2.05, 4.69) is 25.2 Å². The lowest BCUT2D eigenvalue weighted by atomic mass is 10.5. The topological polar surface area (TPSA) is 117 Å². The fourth-order valence-corrected chi connectivity index (χ4v) is 1.50. The van der Waals surface area contributed by atoms with Crippen LogP contribution in [0.1, 0.15) is 16.4 Å². The predicted molar refractivity (Wildman–Crippen MR) is 56.3 cm³/mol. The molecule has 0 atom stereocenters. The fraction of sp³-hybridized carbons (Fsp3) is 0.571. The van der Waals surface area contributed by atoms with Gasteiger partial charge in [-0.2, -0.15) is 0 Å². The van der Waals surface area contributed by atoms with E-state index in [0.717, 1.165) is 0 Å². The van der Waals surface area contributed by atoms with Gasteiger partial charge in [0.25, 0.3) is 5.91 Å². The number of aryl methyl sites for hydroxylation is 1. The summed E-state index contributed by atoms with van der Waals surface area (Å²) < 4.78 is 24.2. The van der Waals surface area contributed by atoms with E-state index in [4.69, 9.17) is 0 Å². The third kappa shape index (κ3) is 3.59. The van der Waals surface area contributed by atoms with Gasteiger partial charge in [0.1, 0.15) is 5.82 Å². The molecular formula is C7H13N5O3S. The Labute approximate surface area is 92.9 Å². The lowest BCUT2D eigenvalue weighted by Crippen LogP contribution is -2.33. The Hall–Kier alpha value is -1.48. The first-order valence-corrected chi connectivity index (χ1v) is 6.18. The maximum Gasteiger partial charge on any atom is 0.290 e. The van der Waals surface area contributed by atoms with Gasteiger partial charge in [-0.25, -0.2) is 18.1 Å². The molecule has 0 unspecified atom stereocenters. The van der Waals surface area contributed by atoms with Gasteiger partial charge in [0, 0.05) is 6.54 Å². The summed E-state index contributed by atoms with van der Waals surface area (Å²) in [6.45, 7) is 1.67. The van der Waals surface area contributed by atoms with Crippen molar-refractivity contribution in [1.82, 2.24) is 25.2 Å². The van der Waals surface area contributed by atoms with Crippen molar-refractivity contribution in [1.29, 1.82) is 0 Å². The minimum Gasteiger partial charge on any atom is -0.348 e. The quantitative estimate of drug-likeness (QED) is 0.579. The zero-order valence-electron chi connectivity index (χ0n) is 8.94. The SMILES string of the molecule is CNS(=O)(=O)CCNC(=O)c1n[nH]c(C)n1. The first-order chi connectivity index (χ1) is 7.44. The lowest BCUT2D eigenvalue weighted by Gasteiger charge is -2.02. The molecule has 0 aliphatic heterocycles. The summed E-state index contributed by atoms with van der Waals surface area (Å²) in [4.78, 5) is 15.2. The van der Waals surface area contributed by atoms with Crippen molar-refractivity contribution in [2.24, 2.45) is 0 Å². The predicted octanol–water partition coefficient (Wildman–Crippen LogP) is -1.61. The average molecular weight is 247 g/mol. The fourth-order valence-electron chi connectivity index (χ4n) is 0.924. The molecule has 3 N–H and O–H groups in total. The number of sulfonamides is 1. The average Bonchev–Trinajstić information content (AvgIpc) is 2.64. The second kappa shape index (κ2) is 5.03. The summed E-state index contributed by atoms with van der Waals surface area (Å²) in [5, 5.41) is 8.55. The molecule has 9 heteroatoms. The van der Waals surface area contributed by atoms with Crippen LogP contribution >= 0.6 is 0 Å². The number of aromatic nitrogens is 3. The van der Waals surface area contributed by atoms with Gasteiger partial charge in [0.15, 0.2) is 0 Å². The molecule has 1 rings (SSSR count). The highest BCUT2D eigenvalue weighted by molar-refractivity contribution is 7.89. The number of carbonyl (C=O) groups excluding carboxylic acids is 1. The van der Waals surface area contributed by atoms with Crippen LogP contribution in [0.2, 0.25) is 0 Å². The van der Waals surface area contributed by atoms with Gasteiger partial charge in [0.2, 0.25) is 15.8 Å². The van der Waals surface area contributed by atoms with Crippen LogP contribution in [0.25, 0.3) is 0 Å². The van der Waals surface area contributed by atoms with E-state index in [9.17, 15) is 13.2 Å². The highest BCUT2D eigenvalue weighted by Crippen LogP contribution is 1.90. The van der Waals surface area contributed by atoms with Crippen LogP contribution in [0.15, 0.2) is 0 Å². The molecule has 0 radical (unpaired) electrons. The molecule has 0 saturated carbocycles. The standard InChI is InChI=1S/C7H13N5O3S/c1-5-10-6(12-11-5)7(13)9-3-4-16(14,15)8-2/h8H,3-4H2,1-2H3,(H,9,13)(H,10,11,12). The maximum atomic E-state index is 11.4. The molecule has 0 saturated heterocycles. The number of carbonyl (C=O) groups is 1. The van der Waals surface area contributed by atoms with E-state index in [1.807, 2.05) is 0 Å². The van der Waals surface area contributed by atoms with Crippen molar-refractivity contribution in [3.05, 3.63) is 11.6 Å². The molecule has 0 aliphatic rings. The number of hydrogen-bond donors (Lipinski definition) is 3. The molecule has 0 bridgehead atoms. The molecular weight excluding hydrogens is 234 g/mol. The zero-order valence-corrected chi connectivity index (χ0v) is 9.76. The van der Waals surface area contributed by atoms with E-state index in [1.54, 1.807) is 6.92 Å². The van der Waals surface area contributed by atoms with Crippen molar-refractivity contribution < 1.29 is 13.2 Å². The van der Waals surface area contributed by atoms with Crippen LogP contribution in [-0.2, 0) is 10.0 Å². The summed E-state index contributed by atoms with van der Waals surface area (Å²) in [5.74, 6) is -0.165. The Bertz CT molecular complexity index is 466. The van der Waals surface area contributed by atoms with Crippen LogP contribution in [0.3, 0.4) is 0 Å². The molecule has 0 aliphatic carbocycles. The molecule has 1 aromatic heterocycles. The number of aromatic amines is 1. The molecule has 1 amide bonds. The number of hydrogen-bond acceptors (Lipinski definition) is 5. The normalized spacial score (nSPS) is 11.4. The van der Waals surface area contributed by atoms with Crippen molar-refractivity contribution >= 4 is 15.9 Å². The molecule has 90 valence electrons. The van der Waals surface area contributed by atoms with Crippen LogP contribution in [0, 0.1) is 6.92 Å². The number of amides is 1. The largest absolute Gasteiger partial charge is 0.348 e. The monoisotopic (exact) mass is 247 g/mol. The molecule has 0 spiro atoms. The molecule has 0 aromatic carbocycles. The van der Waals surface area contributed by atoms with Crippen molar-refractivity contribution in [3.63, 3.8) is 0 Å². The second-order valence-corrected chi connectivity index (χ2v) is 5.07. The highest BCUT2D eigenvalue weighted by Gasteiger charge is 2.12.